The highest BCUT2D eigenvalue weighted by atomic mass is 16.6. The fourth-order valence-electron chi connectivity index (χ4n) is 3.57. The zero-order valence-electron chi connectivity index (χ0n) is 17.5. The number of fused-ring (bicyclic) bond motifs is 1. The van der Waals surface area contributed by atoms with Gasteiger partial charge in [-0.15, -0.1) is 0 Å². The summed E-state index contributed by atoms with van der Waals surface area (Å²) in [6.07, 6.45) is 0.335. The molecule has 0 aliphatic carbocycles. The monoisotopic (exact) mass is 415 g/mol. The molecule has 1 aliphatic rings. The standard InChI is InChI=1S/C26H25NO4/c1-27(18-19-7-9-21(10-8-19)20-5-3-2-4-6-20)26(29)14-12-23(28)22-11-13-24-25(17-22)31-16-15-30-24/h2-11,13,17H,12,14-16,18H2,1H3. The molecule has 0 radical (unpaired) electrons. The van der Waals surface area contributed by atoms with Gasteiger partial charge in [-0.3, -0.25) is 9.59 Å². The maximum atomic E-state index is 12.5. The first-order valence-electron chi connectivity index (χ1n) is 10.4. The molecule has 0 N–H and O–H groups in total. The predicted molar refractivity (Wildman–Crippen MR) is 119 cm³/mol. The van der Waals surface area contributed by atoms with Crippen molar-refractivity contribution in [3.05, 3.63) is 83.9 Å². The minimum Gasteiger partial charge on any atom is -0.486 e. The van der Waals surface area contributed by atoms with E-state index in [1.165, 1.54) is 0 Å². The van der Waals surface area contributed by atoms with Crippen LogP contribution in [0.4, 0.5) is 0 Å². The van der Waals surface area contributed by atoms with E-state index < -0.39 is 0 Å². The molecule has 0 saturated heterocycles. The molecule has 5 heteroatoms. The Hall–Kier alpha value is -3.60. The lowest BCUT2D eigenvalue weighted by Crippen LogP contribution is -2.26. The summed E-state index contributed by atoms with van der Waals surface area (Å²) < 4.78 is 11.0. The number of nitrogens with zero attached hydrogens (tertiary/aromatic N) is 1. The van der Waals surface area contributed by atoms with Crippen molar-refractivity contribution >= 4 is 11.7 Å². The number of amides is 1. The third-order valence-electron chi connectivity index (χ3n) is 5.34. The maximum Gasteiger partial charge on any atom is 0.223 e. The molecule has 0 aromatic heterocycles. The summed E-state index contributed by atoms with van der Waals surface area (Å²) in [5.41, 5.74) is 3.89. The van der Waals surface area contributed by atoms with Gasteiger partial charge in [0.2, 0.25) is 5.91 Å². The summed E-state index contributed by atoms with van der Waals surface area (Å²) in [6, 6.07) is 23.5. The Morgan fingerprint density at radius 3 is 2.23 bits per heavy atom. The largest absolute Gasteiger partial charge is 0.486 e. The lowest BCUT2D eigenvalue weighted by atomic mass is 10.0. The summed E-state index contributed by atoms with van der Waals surface area (Å²) in [6.45, 7) is 1.49. The van der Waals surface area contributed by atoms with E-state index >= 15 is 0 Å². The number of rotatable bonds is 7. The highest BCUT2D eigenvalue weighted by Gasteiger charge is 2.17. The molecule has 1 aliphatic heterocycles. The topological polar surface area (TPSA) is 55.8 Å². The van der Waals surface area contributed by atoms with Gasteiger partial charge in [0.05, 0.1) is 0 Å². The van der Waals surface area contributed by atoms with Crippen molar-refractivity contribution in [1.29, 1.82) is 0 Å². The first-order valence-corrected chi connectivity index (χ1v) is 10.4. The SMILES string of the molecule is CN(Cc1ccc(-c2ccccc2)cc1)C(=O)CCC(=O)c1ccc2c(c1)OCCO2. The van der Waals surface area contributed by atoms with Gasteiger partial charge in [0.1, 0.15) is 13.2 Å². The molecule has 158 valence electrons. The highest BCUT2D eigenvalue weighted by Crippen LogP contribution is 2.31. The Balaban J connectivity index is 1.30. The summed E-state index contributed by atoms with van der Waals surface area (Å²) in [5, 5.41) is 0. The van der Waals surface area contributed by atoms with E-state index in [9.17, 15) is 9.59 Å². The van der Waals surface area contributed by atoms with Gasteiger partial charge in [-0.25, -0.2) is 0 Å². The third kappa shape index (κ3) is 5.12. The second-order valence-electron chi connectivity index (χ2n) is 7.59. The molecule has 31 heavy (non-hydrogen) atoms. The Kier molecular flexibility index (Phi) is 6.32. The number of benzene rings is 3. The molecule has 0 fully saturated rings. The van der Waals surface area contributed by atoms with Crippen LogP contribution < -0.4 is 9.47 Å². The van der Waals surface area contributed by atoms with Crippen LogP contribution in [0.1, 0.15) is 28.8 Å². The van der Waals surface area contributed by atoms with Gasteiger partial charge < -0.3 is 14.4 Å². The van der Waals surface area contributed by atoms with Gasteiger partial charge in [-0.2, -0.15) is 0 Å². The molecule has 1 amide bonds. The fraction of sp³-hybridized carbons (Fsp3) is 0.231. The molecule has 3 aromatic rings. The lowest BCUT2D eigenvalue weighted by molar-refractivity contribution is -0.130. The van der Waals surface area contributed by atoms with Crippen LogP contribution in [-0.4, -0.2) is 36.9 Å². The second-order valence-corrected chi connectivity index (χ2v) is 7.59. The van der Waals surface area contributed by atoms with E-state index in [1.807, 2.05) is 30.3 Å². The second kappa shape index (κ2) is 9.47. The zero-order valence-corrected chi connectivity index (χ0v) is 17.5. The van der Waals surface area contributed by atoms with Gasteiger partial charge >= 0.3 is 0 Å². The Labute approximate surface area is 182 Å². The van der Waals surface area contributed by atoms with Crippen molar-refractivity contribution in [1.82, 2.24) is 4.90 Å². The van der Waals surface area contributed by atoms with Gasteiger partial charge in [0.15, 0.2) is 17.3 Å². The van der Waals surface area contributed by atoms with E-state index in [2.05, 4.69) is 24.3 Å². The average molecular weight is 415 g/mol. The fourth-order valence-corrected chi connectivity index (χ4v) is 3.57. The number of carbonyl (C=O) groups is 2. The highest BCUT2D eigenvalue weighted by molar-refractivity contribution is 5.98. The Morgan fingerprint density at radius 2 is 1.48 bits per heavy atom. The van der Waals surface area contributed by atoms with Gasteiger partial charge in [0, 0.05) is 32.0 Å². The molecule has 5 nitrogen and oxygen atoms in total. The maximum absolute atomic E-state index is 12.5. The molecule has 0 saturated carbocycles. The number of Topliss-reactive ketones (excluding diaryl/α,β-unsaturated/α-hetero) is 1. The van der Waals surface area contributed by atoms with Gasteiger partial charge in [-0.05, 0) is 34.9 Å². The number of ketones is 1. The molecule has 0 bridgehead atoms. The van der Waals surface area contributed by atoms with Gasteiger partial charge in [0.25, 0.3) is 0 Å². The van der Waals surface area contributed by atoms with E-state index in [0.29, 0.717) is 36.8 Å². The molecular weight excluding hydrogens is 390 g/mol. The third-order valence-corrected chi connectivity index (χ3v) is 5.34. The van der Waals surface area contributed by atoms with Crippen molar-refractivity contribution < 1.29 is 19.1 Å². The zero-order chi connectivity index (χ0) is 21.6. The van der Waals surface area contributed by atoms with Crippen LogP contribution in [0.25, 0.3) is 11.1 Å². The van der Waals surface area contributed by atoms with E-state index in [1.54, 1.807) is 30.1 Å². The first-order chi connectivity index (χ1) is 15.1. The van der Waals surface area contributed by atoms with Crippen LogP contribution in [0.15, 0.2) is 72.8 Å². The molecule has 3 aromatic carbocycles. The molecular formula is C26H25NO4. The Morgan fingerprint density at radius 1 is 0.806 bits per heavy atom. The van der Waals surface area contributed by atoms with Crippen LogP contribution in [0.2, 0.25) is 0 Å². The smallest absolute Gasteiger partial charge is 0.223 e. The van der Waals surface area contributed by atoms with Crippen molar-refractivity contribution in [2.24, 2.45) is 0 Å². The number of hydrogen-bond donors (Lipinski definition) is 0. The summed E-state index contributed by atoms with van der Waals surface area (Å²) >= 11 is 0. The summed E-state index contributed by atoms with van der Waals surface area (Å²) in [4.78, 5) is 26.7. The first kappa shape index (κ1) is 20.7. The quantitative estimate of drug-likeness (QED) is 0.523. The van der Waals surface area contributed by atoms with Crippen molar-refractivity contribution in [2.75, 3.05) is 20.3 Å². The lowest BCUT2D eigenvalue weighted by Gasteiger charge is -2.19. The van der Waals surface area contributed by atoms with Crippen LogP contribution in [0.3, 0.4) is 0 Å². The van der Waals surface area contributed by atoms with Crippen molar-refractivity contribution in [3.63, 3.8) is 0 Å². The molecule has 0 atom stereocenters. The minimum atomic E-state index is -0.0778. The van der Waals surface area contributed by atoms with Crippen LogP contribution in [-0.2, 0) is 11.3 Å². The minimum absolute atomic E-state index is 0.0574. The average Bonchev–Trinajstić information content (AvgIpc) is 2.83. The predicted octanol–water partition coefficient (Wildman–Crippen LogP) is 4.75. The number of carbonyl (C=O) groups excluding carboxylic acids is 2. The summed E-state index contributed by atoms with van der Waals surface area (Å²) in [5.74, 6) is 1.10. The van der Waals surface area contributed by atoms with Gasteiger partial charge in [-0.1, -0.05) is 54.6 Å². The summed E-state index contributed by atoms with van der Waals surface area (Å²) in [7, 11) is 1.77. The normalized spacial score (nSPS) is 12.3. The van der Waals surface area contributed by atoms with E-state index in [4.69, 9.17) is 9.47 Å². The molecule has 0 spiro atoms. The molecule has 0 unspecified atom stereocenters. The number of ether oxygens (including phenoxy) is 2. The van der Waals surface area contributed by atoms with Crippen molar-refractivity contribution in [3.8, 4) is 22.6 Å². The Bertz CT molecular complexity index is 1060. The van der Waals surface area contributed by atoms with Crippen LogP contribution >= 0.6 is 0 Å². The number of hydrogen-bond acceptors (Lipinski definition) is 4. The molecule has 4 rings (SSSR count). The van der Waals surface area contributed by atoms with E-state index in [-0.39, 0.29) is 24.5 Å². The van der Waals surface area contributed by atoms with Crippen molar-refractivity contribution in [2.45, 2.75) is 19.4 Å². The van der Waals surface area contributed by atoms with Crippen LogP contribution in [0.5, 0.6) is 11.5 Å². The van der Waals surface area contributed by atoms with E-state index in [0.717, 1.165) is 16.7 Å². The molecule has 1 heterocycles. The van der Waals surface area contributed by atoms with Crippen LogP contribution in [0, 0.1) is 0 Å².